The number of para-hydroxylation sites is 4. The van der Waals surface area contributed by atoms with Crippen molar-refractivity contribution in [2.75, 3.05) is 0 Å². The molecule has 0 atom stereocenters. The highest BCUT2D eigenvalue weighted by molar-refractivity contribution is 6.27. The molecule has 0 aliphatic carbocycles. The molecule has 3 heteroatoms. The molecule has 0 fully saturated rings. The lowest BCUT2D eigenvalue weighted by Crippen LogP contribution is -1.95. The third-order valence-corrected chi connectivity index (χ3v) is 10.6. The molecule has 0 saturated heterocycles. The summed E-state index contributed by atoms with van der Waals surface area (Å²) >= 11 is 0. The maximum Gasteiger partial charge on any atom is 0.0613 e. The van der Waals surface area contributed by atoms with Crippen LogP contribution in [0.25, 0.3) is 93.5 Å². The summed E-state index contributed by atoms with van der Waals surface area (Å²) in [7, 11) is 0. The van der Waals surface area contributed by atoms with Crippen LogP contribution in [-0.2, 0) is 0 Å². The zero-order valence-electron chi connectivity index (χ0n) is 27.7. The standard InChI is InChI=1S/C48H31N3/c1-3-13-36(14-4-1)50-42-20-9-7-18-39(42)41-31-35(25-26-44(41)50)34-12-11-17-38(30-34)49-29-28-33-23-22-32-24-27-45-47(46(32)48(33)49)40-19-8-10-21-43(40)51(45)37-15-5-2-6-16-37/h1-31H. The first-order chi connectivity index (χ1) is 25.3. The lowest BCUT2D eigenvalue weighted by molar-refractivity contribution is 1.13. The van der Waals surface area contributed by atoms with Crippen molar-refractivity contribution in [2.45, 2.75) is 0 Å². The Morgan fingerprint density at radius 1 is 0.314 bits per heavy atom. The van der Waals surface area contributed by atoms with Crippen molar-refractivity contribution >= 4 is 65.3 Å². The molecule has 238 valence electrons. The molecule has 0 saturated carbocycles. The number of hydrogen-bond acceptors (Lipinski definition) is 0. The molecule has 0 N–H and O–H groups in total. The van der Waals surface area contributed by atoms with Crippen molar-refractivity contribution in [1.82, 2.24) is 13.7 Å². The Morgan fingerprint density at radius 3 is 1.67 bits per heavy atom. The highest BCUT2D eigenvalue weighted by Gasteiger charge is 2.19. The molecule has 0 amide bonds. The van der Waals surface area contributed by atoms with Gasteiger partial charge in [0.2, 0.25) is 0 Å². The third-order valence-electron chi connectivity index (χ3n) is 10.6. The fourth-order valence-electron chi connectivity index (χ4n) is 8.41. The zero-order valence-corrected chi connectivity index (χ0v) is 27.7. The molecular formula is C48H31N3. The predicted molar refractivity (Wildman–Crippen MR) is 215 cm³/mol. The van der Waals surface area contributed by atoms with E-state index in [4.69, 9.17) is 0 Å². The van der Waals surface area contributed by atoms with Crippen molar-refractivity contribution in [3.05, 3.63) is 188 Å². The van der Waals surface area contributed by atoms with Crippen LogP contribution in [0, 0.1) is 0 Å². The van der Waals surface area contributed by atoms with E-state index in [9.17, 15) is 0 Å². The van der Waals surface area contributed by atoms with Gasteiger partial charge in [-0.2, -0.15) is 0 Å². The summed E-state index contributed by atoms with van der Waals surface area (Å²) in [4.78, 5) is 0. The third kappa shape index (κ3) is 4.12. The Balaban J connectivity index is 1.13. The van der Waals surface area contributed by atoms with Crippen molar-refractivity contribution in [2.24, 2.45) is 0 Å². The van der Waals surface area contributed by atoms with Crippen LogP contribution in [0.3, 0.4) is 0 Å². The molecule has 3 heterocycles. The maximum atomic E-state index is 2.40. The first-order valence-electron chi connectivity index (χ1n) is 17.5. The fourth-order valence-corrected chi connectivity index (χ4v) is 8.41. The van der Waals surface area contributed by atoms with Crippen LogP contribution in [0.5, 0.6) is 0 Å². The average molecular weight is 650 g/mol. The summed E-state index contributed by atoms with van der Waals surface area (Å²) in [5.74, 6) is 0. The highest BCUT2D eigenvalue weighted by atomic mass is 15.0. The van der Waals surface area contributed by atoms with Crippen LogP contribution in [0.15, 0.2) is 188 Å². The van der Waals surface area contributed by atoms with E-state index in [1.54, 1.807) is 0 Å². The number of fused-ring (bicyclic) bond motifs is 10. The van der Waals surface area contributed by atoms with E-state index in [0.29, 0.717) is 0 Å². The molecule has 0 aliphatic rings. The quantitative estimate of drug-likeness (QED) is 0.180. The summed E-state index contributed by atoms with van der Waals surface area (Å²) < 4.78 is 7.16. The molecule has 0 radical (unpaired) electrons. The van der Waals surface area contributed by atoms with Crippen LogP contribution >= 0.6 is 0 Å². The van der Waals surface area contributed by atoms with E-state index in [1.165, 1.54) is 87.8 Å². The van der Waals surface area contributed by atoms with Crippen LogP contribution in [0.2, 0.25) is 0 Å². The minimum atomic E-state index is 1.14. The van der Waals surface area contributed by atoms with Gasteiger partial charge in [0.25, 0.3) is 0 Å². The van der Waals surface area contributed by atoms with Gasteiger partial charge in [0.15, 0.2) is 0 Å². The number of nitrogens with zero attached hydrogens (tertiary/aromatic N) is 3. The summed E-state index contributed by atoms with van der Waals surface area (Å²) in [6.07, 6.45) is 2.23. The van der Waals surface area contributed by atoms with Gasteiger partial charge in [-0.3, -0.25) is 0 Å². The first kappa shape index (κ1) is 28.0. The normalized spacial score (nSPS) is 11.9. The molecular weight excluding hydrogens is 619 g/mol. The van der Waals surface area contributed by atoms with Gasteiger partial charge in [-0.1, -0.05) is 109 Å². The molecule has 0 unspecified atom stereocenters. The second-order valence-electron chi connectivity index (χ2n) is 13.4. The van der Waals surface area contributed by atoms with Gasteiger partial charge in [-0.25, -0.2) is 0 Å². The highest BCUT2D eigenvalue weighted by Crippen LogP contribution is 2.41. The smallest absolute Gasteiger partial charge is 0.0613 e. The van der Waals surface area contributed by atoms with E-state index >= 15 is 0 Å². The SMILES string of the molecule is c1ccc(-n2c3ccccc3c3cc(-c4cccc(-n5ccc6ccc7ccc8c(c9ccccc9n8-c8ccccc8)c7c65)c4)ccc32)cc1. The minimum absolute atomic E-state index is 1.14. The Kier molecular flexibility index (Phi) is 5.96. The number of rotatable bonds is 4. The topological polar surface area (TPSA) is 14.8 Å². The minimum Gasteiger partial charge on any atom is -0.316 e. The molecule has 0 aliphatic heterocycles. The molecule has 0 spiro atoms. The summed E-state index contributed by atoms with van der Waals surface area (Å²) in [6, 6.07) is 66.2. The van der Waals surface area contributed by atoms with Crippen molar-refractivity contribution in [1.29, 1.82) is 0 Å². The summed E-state index contributed by atoms with van der Waals surface area (Å²) in [6.45, 7) is 0. The predicted octanol–water partition coefficient (Wildman–Crippen LogP) is 12.6. The number of aromatic nitrogens is 3. The molecule has 3 nitrogen and oxygen atoms in total. The zero-order chi connectivity index (χ0) is 33.5. The fraction of sp³-hybridized carbons (Fsp3) is 0. The molecule has 3 aromatic heterocycles. The van der Waals surface area contributed by atoms with Gasteiger partial charge in [-0.15, -0.1) is 0 Å². The van der Waals surface area contributed by atoms with Crippen molar-refractivity contribution < 1.29 is 0 Å². The lowest BCUT2D eigenvalue weighted by Gasteiger charge is -2.12. The molecule has 51 heavy (non-hydrogen) atoms. The van der Waals surface area contributed by atoms with Crippen LogP contribution in [0.4, 0.5) is 0 Å². The van der Waals surface area contributed by atoms with E-state index in [1.807, 2.05) is 0 Å². The van der Waals surface area contributed by atoms with Gasteiger partial charge in [0.05, 0.1) is 27.6 Å². The Hall–Kier alpha value is -6.84. The lowest BCUT2D eigenvalue weighted by atomic mass is 10.0. The van der Waals surface area contributed by atoms with Gasteiger partial charge >= 0.3 is 0 Å². The Labute approximate surface area is 294 Å². The van der Waals surface area contributed by atoms with Gasteiger partial charge in [0.1, 0.15) is 0 Å². The van der Waals surface area contributed by atoms with Crippen LogP contribution in [-0.4, -0.2) is 13.7 Å². The van der Waals surface area contributed by atoms with Crippen molar-refractivity contribution in [3.63, 3.8) is 0 Å². The van der Waals surface area contributed by atoms with E-state index in [-0.39, 0.29) is 0 Å². The summed E-state index contributed by atoms with van der Waals surface area (Å²) in [5.41, 5.74) is 12.0. The second kappa shape index (κ2) is 10.8. The van der Waals surface area contributed by atoms with Gasteiger partial charge in [-0.05, 0) is 89.3 Å². The van der Waals surface area contributed by atoms with Gasteiger partial charge < -0.3 is 13.7 Å². The van der Waals surface area contributed by atoms with Crippen molar-refractivity contribution in [3.8, 4) is 28.2 Å². The number of hydrogen-bond donors (Lipinski definition) is 0. The van der Waals surface area contributed by atoms with E-state index in [2.05, 4.69) is 202 Å². The van der Waals surface area contributed by atoms with E-state index in [0.717, 1.165) is 5.69 Å². The van der Waals surface area contributed by atoms with Crippen LogP contribution in [0.1, 0.15) is 0 Å². The molecule has 11 rings (SSSR count). The molecule has 0 bridgehead atoms. The van der Waals surface area contributed by atoms with Crippen LogP contribution < -0.4 is 0 Å². The van der Waals surface area contributed by atoms with Gasteiger partial charge in [0, 0.05) is 55.6 Å². The number of benzene rings is 8. The first-order valence-corrected chi connectivity index (χ1v) is 17.5. The Bertz CT molecular complexity index is 3120. The molecule has 11 aromatic rings. The second-order valence-corrected chi connectivity index (χ2v) is 13.4. The average Bonchev–Trinajstić information content (AvgIpc) is 3.89. The monoisotopic (exact) mass is 649 g/mol. The largest absolute Gasteiger partial charge is 0.316 e. The van der Waals surface area contributed by atoms with E-state index < -0.39 is 0 Å². The molecule has 8 aromatic carbocycles. The maximum absolute atomic E-state index is 2.40. The Morgan fingerprint density at radius 2 is 0.882 bits per heavy atom. The summed E-state index contributed by atoms with van der Waals surface area (Å²) in [5, 5.41) is 8.81.